The number of carbonyl (C=O) groups excluding carboxylic acids is 2. The number of para-hydroxylation sites is 1. The van der Waals surface area contributed by atoms with E-state index in [4.69, 9.17) is 4.74 Å². The molecule has 3 heterocycles. The molecule has 5 rings (SSSR count). The van der Waals surface area contributed by atoms with Gasteiger partial charge >= 0.3 is 0 Å². The molecule has 8 nitrogen and oxygen atoms in total. The molecule has 2 unspecified atom stereocenters. The zero-order valence-electron chi connectivity index (χ0n) is 19.8. The maximum absolute atomic E-state index is 13.1. The van der Waals surface area contributed by atoms with Crippen molar-refractivity contribution in [3.05, 3.63) is 64.6 Å². The fraction of sp³-hybridized carbons (Fsp3) is 0.385. The first-order valence-electron chi connectivity index (χ1n) is 11.8. The molecule has 2 amide bonds. The first kappa shape index (κ1) is 23.3. The van der Waals surface area contributed by atoms with Crippen molar-refractivity contribution < 1.29 is 14.3 Å². The molecule has 0 bridgehead atoms. The van der Waals surface area contributed by atoms with E-state index in [0.717, 1.165) is 39.6 Å². The van der Waals surface area contributed by atoms with E-state index in [1.54, 1.807) is 31.0 Å². The Morgan fingerprint density at radius 3 is 2.97 bits per heavy atom. The quantitative estimate of drug-likeness (QED) is 0.460. The second-order valence-electron chi connectivity index (χ2n) is 8.99. The Kier molecular flexibility index (Phi) is 6.68. The SMILES string of the molecule is C=NCc1c(NC(=O)C2CC2c2ccccc2OC)sc2c1CCN(C(=O)CCn1ccnc1)C2. The summed E-state index contributed by atoms with van der Waals surface area (Å²) in [6.07, 6.45) is 7.32. The van der Waals surface area contributed by atoms with Gasteiger partial charge in [0.1, 0.15) is 10.8 Å². The lowest BCUT2D eigenvalue weighted by atomic mass is 10.0. The topological polar surface area (TPSA) is 88.8 Å². The van der Waals surface area contributed by atoms with Gasteiger partial charge in [0.15, 0.2) is 0 Å². The van der Waals surface area contributed by atoms with Crippen LogP contribution in [0, 0.1) is 5.92 Å². The van der Waals surface area contributed by atoms with Crippen molar-refractivity contribution in [1.82, 2.24) is 14.5 Å². The van der Waals surface area contributed by atoms with Crippen LogP contribution in [0.4, 0.5) is 5.00 Å². The van der Waals surface area contributed by atoms with Gasteiger partial charge in [0.2, 0.25) is 11.8 Å². The normalized spacial score (nSPS) is 18.6. The third-order valence-electron chi connectivity index (χ3n) is 6.83. The molecule has 9 heteroatoms. The third kappa shape index (κ3) is 4.86. The largest absolute Gasteiger partial charge is 0.496 e. The van der Waals surface area contributed by atoms with Gasteiger partial charge in [-0.1, -0.05) is 18.2 Å². The minimum atomic E-state index is -0.0729. The molecule has 1 N–H and O–H groups in total. The second-order valence-corrected chi connectivity index (χ2v) is 10.1. The van der Waals surface area contributed by atoms with Crippen LogP contribution in [0.1, 0.15) is 40.3 Å². The number of aliphatic imine (C=N–C) groups is 1. The molecule has 35 heavy (non-hydrogen) atoms. The highest BCUT2D eigenvalue weighted by Crippen LogP contribution is 2.51. The van der Waals surface area contributed by atoms with E-state index >= 15 is 0 Å². The van der Waals surface area contributed by atoms with Crippen LogP contribution >= 0.6 is 11.3 Å². The number of aryl methyl sites for hydroxylation is 1. The molecular weight excluding hydrogens is 462 g/mol. The summed E-state index contributed by atoms with van der Waals surface area (Å²) in [5.41, 5.74) is 3.32. The van der Waals surface area contributed by atoms with Gasteiger partial charge in [0, 0.05) is 48.3 Å². The summed E-state index contributed by atoms with van der Waals surface area (Å²) in [5.74, 6) is 1.08. The number of anilines is 1. The third-order valence-corrected chi connectivity index (χ3v) is 8.01. The van der Waals surface area contributed by atoms with Crippen LogP contribution in [0.15, 0.2) is 48.0 Å². The summed E-state index contributed by atoms with van der Waals surface area (Å²) in [6, 6.07) is 7.89. The Balaban J connectivity index is 1.26. The van der Waals surface area contributed by atoms with Gasteiger partial charge in [-0.05, 0) is 42.7 Å². The van der Waals surface area contributed by atoms with Crippen molar-refractivity contribution in [3.8, 4) is 5.75 Å². The highest BCUT2D eigenvalue weighted by atomic mass is 32.1. The van der Waals surface area contributed by atoms with Gasteiger partial charge in [-0.3, -0.25) is 14.6 Å². The lowest BCUT2D eigenvalue weighted by Gasteiger charge is -2.27. The van der Waals surface area contributed by atoms with E-state index < -0.39 is 0 Å². The van der Waals surface area contributed by atoms with Crippen molar-refractivity contribution in [1.29, 1.82) is 0 Å². The summed E-state index contributed by atoms with van der Waals surface area (Å²) in [6.45, 7) is 5.98. The molecule has 0 radical (unpaired) electrons. The molecule has 1 aromatic carbocycles. The highest BCUT2D eigenvalue weighted by Gasteiger charge is 2.45. The molecular formula is C26H29N5O3S. The molecule has 1 aliphatic heterocycles. The van der Waals surface area contributed by atoms with E-state index in [2.05, 4.69) is 22.0 Å². The van der Waals surface area contributed by atoms with Gasteiger partial charge in [-0.15, -0.1) is 11.3 Å². The molecule has 0 spiro atoms. The molecule has 1 fully saturated rings. The number of hydrogen-bond donors (Lipinski definition) is 1. The number of methoxy groups -OCH3 is 1. The van der Waals surface area contributed by atoms with Crippen LogP contribution in [0.5, 0.6) is 5.75 Å². The number of imidazole rings is 1. The number of aromatic nitrogens is 2. The molecule has 0 saturated heterocycles. The van der Waals surface area contributed by atoms with E-state index in [1.807, 2.05) is 39.9 Å². The number of fused-ring (bicyclic) bond motifs is 1. The lowest BCUT2D eigenvalue weighted by molar-refractivity contribution is -0.132. The average molecular weight is 492 g/mol. The number of thiophene rings is 1. The van der Waals surface area contributed by atoms with Gasteiger partial charge < -0.3 is 19.5 Å². The Labute approximate surface area is 208 Å². The van der Waals surface area contributed by atoms with E-state index in [9.17, 15) is 9.59 Å². The first-order chi connectivity index (χ1) is 17.1. The molecule has 2 atom stereocenters. The Morgan fingerprint density at radius 2 is 2.20 bits per heavy atom. The van der Waals surface area contributed by atoms with Crippen molar-refractivity contribution >= 4 is 34.9 Å². The van der Waals surface area contributed by atoms with Crippen molar-refractivity contribution in [2.75, 3.05) is 19.0 Å². The summed E-state index contributed by atoms with van der Waals surface area (Å²) in [5, 5.41) is 4.02. The van der Waals surface area contributed by atoms with Gasteiger partial charge in [-0.25, -0.2) is 4.98 Å². The fourth-order valence-electron chi connectivity index (χ4n) is 4.87. The number of amides is 2. The number of ether oxygens (including phenoxy) is 1. The predicted molar refractivity (Wildman–Crippen MR) is 136 cm³/mol. The van der Waals surface area contributed by atoms with E-state index in [-0.39, 0.29) is 23.7 Å². The lowest BCUT2D eigenvalue weighted by Crippen LogP contribution is -2.35. The summed E-state index contributed by atoms with van der Waals surface area (Å²) < 4.78 is 7.39. The minimum Gasteiger partial charge on any atom is -0.496 e. The fourth-order valence-corrected chi connectivity index (χ4v) is 6.15. The number of rotatable bonds is 9. The summed E-state index contributed by atoms with van der Waals surface area (Å²) in [4.78, 5) is 37.1. The Hall–Kier alpha value is -3.46. The van der Waals surface area contributed by atoms with Gasteiger partial charge in [0.05, 0.1) is 26.5 Å². The van der Waals surface area contributed by atoms with E-state index in [0.29, 0.717) is 32.6 Å². The van der Waals surface area contributed by atoms with Crippen molar-refractivity contribution in [2.24, 2.45) is 10.9 Å². The molecule has 3 aromatic rings. The highest BCUT2D eigenvalue weighted by molar-refractivity contribution is 7.16. The van der Waals surface area contributed by atoms with Crippen LogP contribution in [-0.4, -0.2) is 46.6 Å². The zero-order chi connectivity index (χ0) is 24.4. The standard InChI is InChI=1S/C26H29N5O3S/c1-27-14-21-18-7-11-31(24(32)8-10-30-12-9-28-16-30)15-23(18)35-26(21)29-25(33)20-13-19(20)17-5-3-4-6-22(17)34-2/h3-6,9,12,16,19-20H,1,7-8,10-11,13-15H2,2H3,(H,29,33). The van der Waals surface area contributed by atoms with Gasteiger partial charge in [0.25, 0.3) is 0 Å². The maximum atomic E-state index is 13.1. The van der Waals surface area contributed by atoms with E-state index in [1.165, 1.54) is 5.56 Å². The van der Waals surface area contributed by atoms with Crippen molar-refractivity contribution in [3.63, 3.8) is 0 Å². The number of hydrogen-bond acceptors (Lipinski definition) is 6. The maximum Gasteiger partial charge on any atom is 0.228 e. The van der Waals surface area contributed by atoms with Crippen LogP contribution in [0.25, 0.3) is 0 Å². The number of carbonyl (C=O) groups is 2. The molecule has 1 aliphatic carbocycles. The molecule has 1 saturated carbocycles. The molecule has 2 aromatic heterocycles. The van der Waals surface area contributed by atoms with Crippen molar-refractivity contribution in [2.45, 2.75) is 44.8 Å². The Bertz CT molecular complexity index is 1240. The van der Waals surface area contributed by atoms with Crippen LogP contribution < -0.4 is 10.1 Å². The molecule has 182 valence electrons. The Morgan fingerprint density at radius 1 is 1.34 bits per heavy atom. The average Bonchev–Trinajstić information content (AvgIpc) is 3.37. The number of nitrogens with zero attached hydrogens (tertiary/aromatic N) is 4. The smallest absolute Gasteiger partial charge is 0.228 e. The van der Waals surface area contributed by atoms with Gasteiger partial charge in [-0.2, -0.15) is 0 Å². The number of benzene rings is 1. The van der Waals surface area contributed by atoms with Crippen LogP contribution in [0.3, 0.4) is 0 Å². The predicted octanol–water partition coefficient (Wildman–Crippen LogP) is 3.87. The molecule has 2 aliphatic rings. The monoisotopic (exact) mass is 491 g/mol. The zero-order valence-corrected chi connectivity index (χ0v) is 20.6. The first-order valence-corrected chi connectivity index (χ1v) is 12.6. The summed E-state index contributed by atoms with van der Waals surface area (Å²) in [7, 11) is 1.66. The second kappa shape index (κ2) is 10.0. The van der Waals surface area contributed by atoms with Crippen LogP contribution in [-0.2, 0) is 35.6 Å². The summed E-state index contributed by atoms with van der Waals surface area (Å²) >= 11 is 1.56. The minimum absolute atomic E-state index is 0.0260. The number of nitrogens with one attached hydrogen (secondary N) is 1. The van der Waals surface area contributed by atoms with Crippen LogP contribution in [0.2, 0.25) is 0 Å².